The molecule has 18 heavy (non-hydrogen) atoms. The molecule has 0 saturated carbocycles. The predicted molar refractivity (Wildman–Crippen MR) is 74.4 cm³/mol. The molecule has 0 heterocycles. The van der Waals surface area contributed by atoms with Crippen molar-refractivity contribution in [2.75, 3.05) is 11.9 Å². The quantitative estimate of drug-likeness (QED) is 0.591. The number of rotatable bonds is 5. The summed E-state index contributed by atoms with van der Waals surface area (Å²) in [6, 6.07) is 6.78. The van der Waals surface area contributed by atoms with Gasteiger partial charge in [-0.1, -0.05) is 0 Å². The number of urea groups is 1. The molecule has 0 aliphatic heterocycles. The van der Waals surface area contributed by atoms with Gasteiger partial charge in [0.05, 0.1) is 0 Å². The number of carboxylic acid groups (broad SMARTS) is 1. The van der Waals surface area contributed by atoms with Gasteiger partial charge in [0.2, 0.25) is 0 Å². The summed E-state index contributed by atoms with van der Waals surface area (Å²) in [7, 11) is 0. The van der Waals surface area contributed by atoms with E-state index in [-0.39, 0.29) is 13.0 Å². The van der Waals surface area contributed by atoms with E-state index in [0.29, 0.717) is 5.69 Å². The van der Waals surface area contributed by atoms with Crippen LogP contribution in [-0.2, 0) is 4.79 Å². The van der Waals surface area contributed by atoms with Crippen LogP contribution in [0.4, 0.5) is 10.5 Å². The SMILES string of the molecule is O=C(NCC[C@H](O)C(=O)O)Nc1ccc(I)cc1. The Morgan fingerprint density at radius 3 is 2.44 bits per heavy atom. The summed E-state index contributed by atoms with van der Waals surface area (Å²) in [5, 5.41) is 22.5. The fourth-order valence-electron chi connectivity index (χ4n) is 1.15. The highest BCUT2D eigenvalue weighted by Crippen LogP contribution is 2.10. The van der Waals surface area contributed by atoms with Crippen LogP contribution in [-0.4, -0.2) is 34.9 Å². The Morgan fingerprint density at radius 2 is 1.89 bits per heavy atom. The summed E-state index contributed by atoms with van der Waals surface area (Å²) in [6.07, 6.45) is -1.49. The molecular formula is C11H13IN2O4. The Morgan fingerprint density at radius 1 is 1.28 bits per heavy atom. The molecule has 1 rings (SSSR count). The van der Waals surface area contributed by atoms with Crippen LogP contribution in [0.3, 0.4) is 0 Å². The zero-order chi connectivity index (χ0) is 13.5. The van der Waals surface area contributed by atoms with E-state index in [4.69, 9.17) is 10.2 Å². The highest BCUT2D eigenvalue weighted by molar-refractivity contribution is 14.1. The molecule has 1 aromatic rings. The topological polar surface area (TPSA) is 98.7 Å². The highest BCUT2D eigenvalue weighted by Gasteiger charge is 2.12. The number of halogens is 1. The van der Waals surface area contributed by atoms with Crippen LogP contribution in [0.2, 0.25) is 0 Å². The van der Waals surface area contributed by atoms with Crippen molar-refractivity contribution in [3.63, 3.8) is 0 Å². The number of nitrogens with one attached hydrogen (secondary N) is 2. The molecule has 0 bridgehead atoms. The molecule has 6 nitrogen and oxygen atoms in total. The molecule has 1 aromatic carbocycles. The van der Waals surface area contributed by atoms with Crippen LogP contribution in [0.25, 0.3) is 0 Å². The fraction of sp³-hybridized carbons (Fsp3) is 0.273. The first-order chi connectivity index (χ1) is 8.49. The van der Waals surface area contributed by atoms with Crippen molar-refractivity contribution in [1.82, 2.24) is 5.32 Å². The Bertz CT molecular complexity index is 422. The Labute approximate surface area is 118 Å². The summed E-state index contributed by atoms with van der Waals surface area (Å²) >= 11 is 2.15. The molecule has 0 aliphatic rings. The minimum absolute atomic E-state index is 0.0323. The molecule has 0 radical (unpaired) electrons. The molecule has 0 saturated heterocycles. The van der Waals surface area contributed by atoms with Gasteiger partial charge in [0.15, 0.2) is 6.10 Å². The first-order valence-electron chi connectivity index (χ1n) is 5.20. The summed E-state index contributed by atoms with van der Waals surface area (Å²) < 4.78 is 1.06. The zero-order valence-electron chi connectivity index (χ0n) is 9.39. The number of benzene rings is 1. The lowest BCUT2D eigenvalue weighted by Gasteiger charge is -2.09. The molecule has 4 N–H and O–H groups in total. The number of hydrogen-bond acceptors (Lipinski definition) is 3. The maximum atomic E-state index is 11.4. The number of aliphatic hydroxyl groups is 1. The van der Waals surface area contributed by atoms with Gasteiger partial charge in [-0.2, -0.15) is 0 Å². The van der Waals surface area contributed by atoms with Crippen molar-refractivity contribution in [2.24, 2.45) is 0 Å². The standard InChI is InChI=1S/C11H13IN2O4/c12-7-1-3-8(4-2-7)14-11(18)13-6-5-9(15)10(16)17/h1-4,9,15H,5-6H2,(H,16,17)(H2,13,14,18)/t9-/m0/s1. The first kappa shape index (κ1) is 14.7. The molecule has 2 amide bonds. The van der Waals surface area contributed by atoms with Crippen molar-refractivity contribution in [1.29, 1.82) is 0 Å². The molecule has 1 atom stereocenters. The van der Waals surface area contributed by atoms with E-state index in [1.165, 1.54) is 0 Å². The van der Waals surface area contributed by atoms with Crippen molar-refractivity contribution < 1.29 is 19.8 Å². The minimum Gasteiger partial charge on any atom is -0.479 e. The maximum absolute atomic E-state index is 11.4. The van der Waals surface area contributed by atoms with Crippen LogP contribution >= 0.6 is 22.6 Å². The fourth-order valence-corrected chi connectivity index (χ4v) is 1.51. The van der Waals surface area contributed by atoms with E-state index in [9.17, 15) is 9.59 Å². The summed E-state index contributed by atoms with van der Waals surface area (Å²) in [4.78, 5) is 21.7. The number of aliphatic carboxylic acids is 1. The van der Waals surface area contributed by atoms with Crippen molar-refractivity contribution in [2.45, 2.75) is 12.5 Å². The van der Waals surface area contributed by atoms with Crippen molar-refractivity contribution >= 4 is 40.3 Å². The number of amides is 2. The van der Waals surface area contributed by atoms with Gasteiger partial charge in [-0.05, 0) is 46.9 Å². The molecule has 0 aromatic heterocycles. The smallest absolute Gasteiger partial charge is 0.332 e. The molecular weight excluding hydrogens is 351 g/mol. The second kappa shape index (κ2) is 7.17. The van der Waals surface area contributed by atoms with Crippen LogP contribution in [0.1, 0.15) is 6.42 Å². The van der Waals surface area contributed by atoms with Gasteiger partial charge in [-0.25, -0.2) is 9.59 Å². The van der Waals surface area contributed by atoms with Crippen molar-refractivity contribution in [3.8, 4) is 0 Å². The highest BCUT2D eigenvalue weighted by atomic mass is 127. The third-order valence-electron chi connectivity index (χ3n) is 2.09. The van der Waals surface area contributed by atoms with E-state index in [1.54, 1.807) is 12.1 Å². The van der Waals surface area contributed by atoms with E-state index >= 15 is 0 Å². The number of aliphatic hydroxyl groups excluding tert-OH is 1. The van der Waals surface area contributed by atoms with Gasteiger partial charge in [0.1, 0.15) is 0 Å². The second-order valence-corrected chi connectivity index (χ2v) is 4.78. The molecule has 7 heteroatoms. The lowest BCUT2D eigenvalue weighted by Crippen LogP contribution is -2.33. The van der Waals surface area contributed by atoms with Gasteiger partial charge in [0.25, 0.3) is 0 Å². The molecule has 0 fully saturated rings. The van der Waals surface area contributed by atoms with E-state index < -0.39 is 18.1 Å². The summed E-state index contributed by atoms with van der Waals surface area (Å²) in [5.41, 5.74) is 0.645. The molecule has 98 valence electrons. The predicted octanol–water partition coefficient (Wildman–Crippen LogP) is 1.25. The third kappa shape index (κ3) is 5.32. The second-order valence-electron chi connectivity index (χ2n) is 3.53. The number of carboxylic acids is 1. The Kier molecular flexibility index (Phi) is 5.86. The lowest BCUT2D eigenvalue weighted by atomic mass is 10.2. The van der Waals surface area contributed by atoms with Crippen LogP contribution < -0.4 is 10.6 Å². The van der Waals surface area contributed by atoms with E-state index in [0.717, 1.165) is 3.57 Å². The van der Waals surface area contributed by atoms with Crippen molar-refractivity contribution in [3.05, 3.63) is 27.8 Å². The van der Waals surface area contributed by atoms with Crippen LogP contribution in [0.15, 0.2) is 24.3 Å². The van der Waals surface area contributed by atoms with Crippen LogP contribution in [0, 0.1) is 3.57 Å². The number of anilines is 1. The Hall–Kier alpha value is -1.35. The summed E-state index contributed by atoms with van der Waals surface area (Å²) in [5.74, 6) is -1.30. The maximum Gasteiger partial charge on any atom is 0.332 e. The molecule has 0 spiro atoms. The van der Waals surface area contributed by atoms with Gasteiger partial charge < -0.3 is 20.8 Å². The first-order valence-corrected chi connectivity index (χ1v) is 6.28. The van der Waals surface area contributed by atoms with E-state index in [2.05, 4.69) is 33.2 Å². The molecule has 0 aliphatic carbocycles. The van der Waals surface area contributed by atoms with Gasteiger partial charge in [-0.15, -0.1) is 0 Å². The third-order valence-corrected chi connectivity index (χ3v) is 2.81. The zero-order valence-corrected chi connectivity index (χ0v) is 11.5. The van der Waals surface area contributed by atoms with Gasteiger partial charge >= 0.3 is 12.0 Å². The van der Waals surface area contributed by atoms with Crippen LogP contribution in [0.5, 0.6) is 0 Å². The van der Waals surface area contributed by atoms with Gasteiger partial charge in [-0.3, -0.25) is 0 Å². The number of carbonyl (C=O) groups excluding carboxylic acids is 1. The largest absolute Gasteiger partial charge is 0.479 e. The minimum atomic E-state index is -1.45. The summed E-state index contributed by atoms with van der Waals surface area (Å²) in [6.45, 7) is 0.0870. The number of hydrogen-bond donors (Lipinski definition) is 4. The monoisotopic (exact) mass is 364 g/mol. The lowest BCUT2D eigenvalue weighted by molar-refractivity contribution is -0.146. The number of carbonyl (C=O) groups is 2. The van der Waals surface area contributed by atoms with Gasteiger partial charge in [0, 0.05) is 22.2 Å². The normalized spacial score (nSPS) is 11.7. The Balaban J connectivity index is 2.30. The average Bonchev–Trinajstić information content (AvgIpc) is 2.32. The van der Waals surface area contributed by atoms with E-state index in [1.807, 2.05) is 12.1 Å². The average molecular weight is 364 g/mol. The molecule has 0 unspecified atom stereocenters.